The maximum Gasteiger partial charge on any atom is 0.230 e. The van der Waals surface area contributed by atoms with Gasteiger partial charge in [0.2, 0.25) is 11.1 Å². The minimum atomic E-state index is 0.0168. The Labute approximate surface area is 149 Å². The number of nitrogens with zero attached hydrogens (tertiary/aromatic N) is 2. The van der Waals surface area contributed by atoms with Crippen LogP contribution in [0.4, 0.5) is 0 Å². The number of hydrogen-bond donors (Lipinski definition) is 2. The van der Waals surface area contributed by atoms with Crippen molar-refractivity contribution in [2.24, 2.45) is 5.92 Å². The second-order valence-electron chi connectivity index (χ2n) is 5.79. The van der Waals surface area contributed by atoms with Crippen LogP contribution in [0.2, 0.25) is 5.02 Å². The fourth-order valence-corrected chi connectivity index (χ4v) is 2.98. The number of halogens is 1. The van der Waals surface area contributed by atoms with Gasteiger partial charge in [-0.25, -0.2) is 4.98 Å². The van der Waals surface area contributed by atoms with Gasteiger partial charge in [0.15, 0.2) is 5.82 Å². The number of ether oxygens (including phenoxy) is 1. The van der Waals surface area contributed by atoms with E-state index in [1.54, 1.807) is 24.3 Å². The zero-order chi connectivity index (χ0) is 16.9. The van der Waals surface area contributed by atoms with E-state index in [9.17, 15) is 4.79 Å². The second-order valence-corrected chi connectivity index (χ2v) is 7.17. The zero-order valence-corrected chi connectivity index (χ0v) is 14.9. The summed E-state index contributed by atoms with van der Waals surface area (Å²) in [6, 6.07) is 7.37. The van der Waals surface area contributed by atoms with E-state index in [4.69, 9.17) is 16.3 Å². The Bertz CT molecular complexity index is 688. The van der Waals surface area contributed by atoms with Gasteiger partial charge in [-0.1, -0.05) is 23.4 Å². The van der Waals surface area contributed by atoms with E-state index in [0.29, 0.717) is 33.4 Å². The SMILES string of the molecule is CC(NC(=O)CSc1n[nH]c(COc2ccc(Cl)cc2)n1)C1CC1. The van der Waals surface area contributed by atoms with E-state index in [0.717, 1.165) is 0 Å². The summed E-state index contributed by atoms with van der Waals surface area (Å²) in [5.41, 5.74) is 0. The normalized spacial score (nSPS) is 15.1. The molecule has 2 aromatic rings. The van der Waals surface area contributed by atoms with Crippen LogP contribution in [-0.2, 0) is 11.4 Å². The van der Waals surface area contributed by atoms with E-state index in [-0.39, 0.29) is 18.6 Å². The molecule has 1 aromatic heterocycles. The molecule has 24 heavy (non-hydrogen) atoms. The Morgan fingerprint density at radius 2 is 2.21 bits per heavy atom. The predicted octanol–water partition coefficient (Wildman–Crippen LogP) is 3.04. The lowest BCUT2D eigenvalue weighted by atomic mass is 10.2. The predicted molar refractivity (Wildman–Crippen MR) is 93.2 cm³/mol. The minimum Gasteiger partial charge on any atom is -0.486 e. The van der Waals surface area contributed by atoms with Crippen molar-refractivity contribution in [2.45, 2.75) is 37.6 Å². The fourth-order valence-electron chi connectivity index (χ4n) is 2.23. The van der Waals surface area contributed by atoms with Crippen molar-refractivity contribution in [2.75, 3.05) is 5.75 Å². The molecule has 1 aromatic carbocycles. The van der Waals surface area contributed by atoms with Gasteiger partial charge in [0.25, 0.3) is 0 Å². The van der Waals surface area contributed by atoms with Gasteiger partial charge in [-0.2, -0.15) is 0 Å². The average molecular weight is 367 g/mol. The van der Waals surface area contributed by atoms with Gasteiger partial charge >= 0.3 is 0 Å². The smallest absolute Gasteiger partial charge is 0.230 e. The molecule has 1 fully saturated rings. The summed E-state index contributed by atoms with van der Waals surface area (Å²) in [6.07, 6.45) is 2.43. The number of aromatic amines is 1. The summed E-state index contributed by atoms with van der Waals surface area (Å²) in [4.78, 5) is 16.2. The Morgan fingerprint density at radius 3 is 2.92 bits per heavy atom. The largest absolute Gasteiger partial charge is 0.486 e. The number of aromatic nitrogens is 3. The summed E-state index contributed by atoms with van der Waals surface area (Å²) < 4.78 is 5.59. The number of rotatable bonds is 8. The summed E-state index contributed by atoms with van der Waals surface area (Å²) in [6.45, 7) is 2.33. The summed E-state index contributed by atoms with van der Waals surface area (Å²) in [5, 5.41) is 11.1. The number of amides is 1. The van der Waals surface area contributed by atoms with Crippen molar-refractivity contribution in [3.63, 3.8) is 0 Å². The van der Waals surface area contributed by atoms with Crippen molar-refractivity contribution in [3.8, 4) is 5.75 Å². The lowest BCUT2D eigenvalue weighted by Gasteiger charge is -2.11. The molecule has 1 amide bonds. The standard InChI is InChI=1S/C16H19ClN4O2S/c1-10(11-2-3-11)18-15(22)9-24-16-19-14(20-21-16)8-23-13-6-4-12(17)5-7-13/h4-7,10-11H,2-3,8-9H2,1H3,(H,18,22)(H,19,20,21). The first kappa shape index (κ1) is 17.1. The number of benzene rings is 1. The topological polar surface area (TPSA) is 79.9 Å². The third-order valence-corrected chi connectivity index (χ3v) is 4.85. The molecule has 1 atom stereocenters. The maximum atomic E-state index is 11.9. The van der Waals surface area contributed by atoms with Crippen LogP contribution >= 0.6 is 23.4 Å². The van der Waals surface area contributed by atoms with Crippen LogP contribution < -0.4 is 10.1 Å². The molecule has 0 bridgehead atoms. The van der Waals surface area contributed by atoms with Gasteiger partial charge in [0.05, 0.1) is 5.75 Å². The summed E-state index contributed by atoms with van der Waals surface area (Å²) in [7, 11) is 0. The number of H-pyrrole nitrogens is 1. The molecule has 1 aliphatic rings. The van der Waals surface area contributed by atoms with E-state index in [2.05, 4.69) is 27.4 Å². The van der Waals surface area contributed by atoms with Crippen LogP contribution in [0.5, 0.6) is 5.75 Å². The molecule has 0 radical (unpaired) electrons. The highest BCUT2D eigenvalue weighted by Gasteiger charge is 2.28. The van der Waals surface area contributed by atoms with Crippen LogP contribution in [0.15, 0.2) is 29.4 Å². The molecular formula is C16H19ClN4O2S. The molecule has 1 heterocycles. The van der Waals surface area contributed by atoms with Gasteiger partial charge in [-0.3, -0.25) is 9.89 Å². The molecule has 1 saturated carbocycles. The zero-order valence-electron chi connectivity index (χ0n) is 13.3. The Hall–Kier alpha value is -1.73. The Kier molecular flexibility index (Phi) is 5.63. The van der Waals surface area contributed by atoms with Crippen LogP contribution in [-0.4, -0.2) is 32.9 Å². The Morgan fingerprint density at radius 1 is 1.46 bits per heavy atom. The number of hydrogen-bond acceptors (Lipinski definition) is 5. The molecular weight excluding hydrogens is 348 g/mol. The molecule has 0 spiro atoms. The van der Waals surface area contributed by atoms with E-state index >= 15 is 0 Å². The van der Waals surface area contributed by atoms with Crippen molar-refractivity contribution in [3.05, 3.63) is 35.1 Å². The molecule has 2 N–H and O–H groups in total. The monoisotopic (exact) mass is 366 g/mol. The molecule has 3 rings (SSSR count). The highest BCUT2D eigenvalue weighted by atomic mass is 35.5. The molecule has 1 unspecified atom stereocenters. The summed E-state index contributed by atoms with van der Waals surface area (Å²) in [5.74, 6) is 2.30. The van der Waals surface area contributed by atoms with Crippen molar-refractivity contribution in [1.82, 2.24) is 20.5 Å². The van der Waals surface area contributed by atoms with E-state index < -0.39 is 0 Å². The average Bonchev–Trinajstić information content (AvgIpc) is 3.32. The lowest BCUT2D eigenvalue weighted by Crippen LogP contribution is -2.35. The number of carbonyl (C=O) groups excluding carboxylic acids is 1. The molecule has 0 saturated heterocycles. The van der Waals surface area contributed by atoms with Gasteiger partial charge < -0.3 is 10.1 Å². The third-order valence-electron chi connectivity index (χ3n) is 3.75. The maximum absolute atomic E-state index is 11.9. The van der Waals surface area contributed by atoms with Crippen LogP contribution in [0.3, 0.4) is 0 Å². The van der Waals surface area contributed by atoms with Gasteiger partial charge in [-0.15, -0.1) is 5.10 Å². The van der Waals surface area contributed by atoms with E-state index in [1.165, 1.54) is 24.6 Å². The first-order valence-electron chi connectivity index (χ1n) is 7.82. The number of nitrogens with one attached hydrogen (secondary N) is 2. The van der Waals surface area contributed by atoms with Gasteiger partial charge in [0.1, 0.15) is 12.4 Å². The van der Waals surface area contributed by atoms with E-state index in [1.807, 2.05) is 0 Å². The highest BCUT2D eigenvalue weighted by molar-refractivity contribution is 7.99. The molecule has 8 heteroatoms. The third kappa shape index (κ3) is 5.14. The second kappa shape index (κ2) is 7.90. The highest BCUT2D eigenvalue weighted by Crippen LogP contribution is 2.32. The molecule has 0 aliphatic heterocycles. The number of carbonyl (C=O) groups is 1. The molecule has 6 nitrogen and oxygen atoms in total. The molecule has 1 aliphatic carbocycles. The Balaban J connectivity index is 1.41. The van der Waals surface area contributed by atoms with Gasteiger partial charge in [0, 0.05) is 11.1 Å². The number of thioether (sulfide) groups is 1. The van der Waals surface area contributed by atoms with Gasteiger partial charge in [-0.05, 0) is 49.9 Å². The van der Waals surface area contributed by atoms with Crippen molar-refractivity contribution >= 4 is 29.3 Å². The first-order valence-corrected chi connectivity index (χ1v) is 9.18. The first-order chi connectivity index (χ1) is 11.6. The van der Waals surface area contributed by atoms with Crippen LogP contribution in [0.1, 0.15) is 25.6 Å². The van der Waals surface area contributed by atoms with Crippen molar-refractivity contribution < 1.29 is 9.53 Å². The van der Waals surface area contributed by atoms with Crippen molar-refractivity contribution in [1.29, 1.82) is 0 Å². The quantitative estimate of drug-likeness (QED) is 0.702. The lowest BCUT2D eigenvalue weighted by molar-refractivity contribution is -0.119. The van der Waals surface area contributed by atoms with Crippen LogP contribution in [0, 0.1) is 5.92 Å². The van der Waals surface area contributed by atoms with Crippen LogP contribution in [0.25, 0.3) is 0 Å². The fraction of sp³-hybridized carbons (Fsp3) is 0.438. The molecule has 128 valence electrons. The minimum absolute atomic E-state index is 0.0168. The summed E-state index contributed by atoms with van der Waals surface area (Å²) >= 11 is 7.13.